The summed E-state index contributed by atoms with van der Waals surface area (Å²) in [4.78, 5) is 0. The summed E-state index contributed by atoms with van der Waals surface area (Å²) in [5.41, 5.74) is -3.01. The molecular formula is C27H18F6O2. The number of alkyl halides is 6. The molecule has 0 atom stereocenters. The van der Waals surface area contributed by atoms with Crippen LogP contribution in [0.1, 0.15) is 22.6 Å². The molecular weight excluding hydrogens is 470 g/mol. The van der Waals surface area contributed by atoms with Gasteiger partial charge in [0.25, 0.3) is 0 Å². The fourth-order valence-corrected chi connectivity index (χ4v) is 4.38. The number of rotatable bonds is 4. The summed E-state index contributed by atoms with van der Waals surface area (Å²) in [6.07, 6.45) is 0. The summed E-state index contributed by atoms with van der Waals surface area (Å²) in [5.74, 6) is -16.2. The Hall–Kier alpha value is -3.68. The molecule has 2 aromatic heterocycles. The van der Waals surface area contributed by atoms with Gasteiger partial charge in [-0.25, -0.2) is 0 Å². The summed E-state index contributed by atoms with van der Waals surface area (Å²) in [6, 6.07) is 18.8. The lowest BCUT2D eigenvalue weighted by molar-refractivity contribution is -0.254. The van der Waals surface area contributed by atoms with E-state index in [9.17, 15) is 8.78 Å². The van der Waals surface area contributed by atoms with Gasteiger partial charge in [0.1, 0.15) is 23.0 Å². The molecule has 0 fully saturated rings. The van der Waals surface area contributed by atoms with Crippen LogP contribution in [0, 0.1) is 13.8 Å². The Bertz CT molecular complexity index is 1320. The first-order valence-corrected chi connectivity index (χ1v) is 10.7. The summed E-state index contributed by atoms with van der Waals surface area (Å²) in [6.45, 7) is 2.55. The molecule has 4 aromatic rings. The first-order valence-electron chi connectivity index (χ1n) is 10.7. The van der Waals surface area contributed by atoms with Gasteiger partial charge in [0.15, 0.2) is 0 Å². The molecule has 0 N–H and O–H groups in total. The Labute approximate surface area is 196 Å². The van der Waals surface area contributed by atoms with E-state index in [1.165, 1.54) is 13.8 Å². The van der Waals surface area contributed by atoms with Crippen LogP contribution in [0.15, 0.2) is 81.6 Å². The SMILES string of the molecule is Cc1oc(-c2ccccc2)cc1C1=C(c2cc(-c3ccccc3)oc2C)C(F)(F)C(F)(F)C1(F)F. The van der Waals surface area contributed by atoms with Crippen molar-refractivity contribution in [3.63, 3.8) is 0 Å². The van der Waals surface area contributed by atoms with Gasteiger partial charge in [0.2, 0.25) is 0 Å². The van der Waals surface area contributed by atoms with Crippen LogP contribution in [0.2, 0.25) is 0 Å². The molecule has 2 nitrogen and oxygen atoms in total. The van der Waals surface area contributed by atoms with Crippen molar-refractivity contribution >= 4 is 11.1 Å². The van der Waals surface area contributed by atoms with E-state index < -0.39 is 40.0 Å². The van der Waals surface area contributed by atoms with Crippen molar-refractivity contribution in [1.29, 1.82) is 0 Å². The fraction of sp³-hybridized carbons (Fsp3) is 0.185. The minimum atomic E-state index is -5.67. The van der Waals surface area contributed by atoms with Gasteiger partial charge < -0.3 is 8.83 Å². The molecule has 180 valence electrons. The summed E-state index contributed by atoms with van der Waals surface area (Å²) in [7, 11) is 0. The Balaban J connectivity index is 1.78. The molecule has 2 heterocycles. The minimum Gasteiger partial charge on any atom is -0.461 e. The number of furan rings is 2. The third-order valence-electron chi connectivity index (χ3n) is 6.16. The van der Waals surface area contributed by atoms with E-state index >= 15 is 17.6 Å². The average molecular weight is 488 g/mol. The van der Waals surface area contributed by atoms with Gasteiger partial charge in [-0.3, -0.25) is 0 Å². The van der Waals surface area contributed by atoms with Gasteiger partial charge >= 0.3 is 17.8 Å². The van der Waals surface area contributed by atoms with Crippen LogP contribution in [-0.4, -0.2) is 17.8 Å². The standard InChI is InChI=1S/C27H18F6O2/c1-15-19(13-21(34-15)17-9-5-3-6-10-17)23-24(26(30,31)27(32,33)25(23,28)29)20-14-22(35-16(20)2)18-11-7-4-8-12-18/h3-14H,1-2H3. The fourth-order valence-electron chi connectivity index (χ4n) is 4.38. The van der Waals surface area contributed by atoms with Crippen LogP contribution in [0.25, 0.3) is 33.8 Å². The number of halogens is 6. The molecule has 0 aliphatic heterocycles. The van der Waals surface area contributed by atoms with Crippen molar-refractivity contribution < 1.29 is 35.2 Å². The van der Waals surface area contributed by atoms with Crippen molar-refractivity contribution in [2.24, 2.45) is 0 Å². The van der Waals surface area contributed by atoms with Crippen molar-refractivity contribution in [1.82, 2.24) is 0 Å². The van der Waals surface area contributed by atoms with Crippen LogP contribution in [0.5, 0.6) is 0 Å². The van der Waals surface area contributed by atoms with Crippen LogP contribution in [0.3, 0.4) is 0 Å². The third-order valence-corrected chi connectivity index (χ3v) is 6.16. The zero-order chi connectivity index (χ0) is 25.2. The van der Waals surface area contributed by atoms with Crippen LogP contribution >= 0.6 is 0 Å². The van der Waals surface area contributed by atoms with E-state index in [1.54, 1.807) is 60.7 Å². The number of allylic oxidation sites excluding steroid dienone is 2. The van der Waals surface area contributed by atoms with Gasteiger partial charge in [0, 0.05) is 33.4 Å². The van der Waals surface area contributed by atoms with E-state index in [4.69, 9.17) is 8.83 Å². The van der Waals surface area contributed by atoms with Crippen LogP contribution in [-0.2, 0) is 0 Å². The maximum Gasteiger partial charge on any atom is 0.380 e. The molecule has 35 heavy (non-hydrogen) atoms. The first-order chi connectivity index (χ1) is 16.5. The number of benzene rings is 2. The van der Waals surface area contributed by atoms with Crippen LogP contribution in [0.4, 0.5) is 26.3 Å². The Morgan fingerprint density at radius 2 is 0.886 bits per heavy atom. The van der Waals surface area contributed by atoms with Gasteiger partial charge in [0.05, 0.1) is 0 Å². The molecule has 0 radical (unpaired) electrons. The van der Waals surface area contributed by atoms with Gasteiger partial charge in [-0.15, -0.1) is 0 Å². The van der Waals surface area contributed by atoms with E-state index in [0.717, 1.165) is 12.1 Å². The topological polar surface area (TPSA) is 26.3 Å². The second-order valence-electron chi connectivity index (χ2n) is 8.37. The molecule has 1 aliphatic carbocycles. The number of hydrogen-bond donors (Lipinski definition) is 0. The van der Waals surface area contributed by atoms with E-state index in [0.29, 0.717) is 11.1 Å². The summed E-state index contributed by atoms with van der Waals surface area (Å²) in [5, 5.41) is 0. The van der Waals surface area contributed by atoms with Gasteiger partial charge in [-0.2, -0.15) is 26.3 Å². The molecule has 5 rings (SSSR count). The Morgan fingerprint density at radius 3 is 1.23 bits per heavy atom. The molecule has 2 aromatic carbocycles. The highest BCUT2D eigenvalue weighted by atomic mass is 19.3. The minimum absolute atomic E-state index is 0.0909. The lowest BCUT2D eigenvalue weighted by atomic mass is 9.94. The van der Waals surface area contributed by atoms with E-state index in [1.807, 2.05) is 0 Å². The summed E-state index contributed by atoms with van der Waals surface area (Å²) < 4.78 is 101. The van der Waals surface area contributed by atoms with Crippen molar-refractivity contribution in [3.8, 4) is 22.6 Å². The molecule has 0 bridgehead atoms. The second-order valence-corrected chi connectivity index (χ2v) is 8.37. The lowest BCUT2D eigenvalue weighted by Crippen LogP contribution is -2.48. The lowest BCUT2D eigenvalue weighted by Gasteiger charge is -2.25. The van der Waals surface area contributed by atoms with E-state index in [2.05, 4.69) is 0 Å². The number of hydrogen-bond acceptors (Lipinski definition) is 2. The average Bonchev–Trinajstić information content (AvgIpc) is 3.42. The predicted molar refractivity (Wildman–Crippen MR) is 119 cm³/mol. The molecule has 8 heteroatoms. The smallest absolute Gasteiger partial charge is 0.380 e. The summed E-state index contributed by atoms with van der Waals surface area (Å²) >= 11 is 0. The first kappa shape index (κ1) is 23.1. The predicted octanol–water partition coefficient (Wildman–Crippen LogP) is 8.65. The molecule has 0 saturated heterocycles. The maximum absolute atomic E-state index is 15.2. The van der Waals surface area contributed by atoms with Gasteiger partial charge in [-0.05, 0) is 26.0 Å². The van der Waals surface area contributed by atoms with Crippen LogP contribution < -0.4 is 0 Å². The normalized spacial score (nSPS) is 18.3. The monoisotopic (exact) mass is 488 g/mol. The van der Waals surface area contributed by atoms with Crippen molar-refractivity contribution in [3.05, 3.63) is 95.4 Å². The Morgan fingerprint density at radius 1 is 0.543 bits per heavy atom. The molecule has 0 amide bonds. The molecule has 0 saturated carbocycles. The quantitative estimate of drug-likeness (QED) is 0.269. The number of aryl methyl sites for hydroxylation is 2. The zero-order valence-corrected chi connectivity index (χ0v) is 18.5. The van der Waals surface area contributed by atoms with Crippen molar-refractivity contribution in [2.45, 2.75) is 31.6 Å². The largest absolute Gasteiger partial charge is 0.461 e. The highest BCUT2D eigenvalue weighted by Crippen LogP contribution is 2.65. The second kappa shape index (κ2) is 7.66. The Kier molecular flexibility index (Phi) is 5.05. The molecule has 0 spiro atoms. The maximum atomic E-state index is 15.2. The zero-order valence-electron chi connectivity index (χ0n) is 18.5. The highest BCUT2D eigenvalue weighted by molar-refractivity contribution is 6.02. The van der Waals surface area contributed by atoms with Gasteiger partial charge in [-0.1, -0.05) is 60.7 Å². The third kappa shape index (κ3) is 3.26. The van der Waals surface area contributed by atoms with Crippen molar-refractivity contribution in [2.75, 3.05) is 0 Å². The molecule has 0 unspecified atom stereocenters. The molecule has 1 aliphatic rings. The van der Waals surface area contributed by atoms with E-state index in [-0.39, 0.29) is 23.0 Å². The highest BCUT2D eigenvalue weighted by Gasteiger charge is 2.80.